The number of alkyl halides is 3. The van der Waals surface area contributed by atoms with Crippen LogP contribution in [-0.2, 0) is 19.9 Å². The molecule has 13 nitrogen and oxygen atoms in total. The molecule has 4 N–H and O–H groups in total. The molecule has 20 heteroatoms. The van der Waals surface area contributed by atoms with Gasteiger partial charge in [0.05, 0.1) is 17.2 Å². The highest BCUT2D eigenvalue weighted by molar-refractivity contribution is 7.99. The van der Waals surface area contributed by atoms with Crippen LogP contribution >= 0.6 is 23.4 Å². The van der Waals surface area contributed by atoms with Gasteiger partial charge in [-0.25, -0.2) is 21.6 Å². The van der Waals surface area contributed by atoms with Gasteiger partial charge < -0.3 is 30.4 Å². The van der Waals surface area contributed by atoms with E-state index in [0.717, 1.165) is 107 Å². The maximum atomic E-state index is 14.2. The fraction of sp³-hybridized carbons (Fsp3) is 0.471. The third kappa shape index (κ3) is 14.5. The lowest BCUT2D eigenvalue weighted by Gasteiger charge is -2.43. The van der Waals surface area contributed by atoms with Crippen LogP contribution in [0.25, 0.3) is 5.57 Å². The Kier molecular flexibility index (Phi) is 18.6. The SMILES string of the molecule is CCN(CCO)CCC(CSc1ccccc1)Nc1ccc(S(=O)(=O)NC(=O)c2ccc(N3CCN(CC4=C(c5ccc(Cl)cc5)CCC(C)(CN5CCNCC5)C4)CC3)cc2)cc1S(=O)(=O)C(F)(F)F. The first-order valence-electron chi connectivity index (χ1n) is 24.1. The number of carbonyl (C=O) groups is 1. The fourth-order valence-corrected chi connectivity index (χ4v) is 12.8. The molecule has 0 radical (unpaired) electrons. The minimum Gasteiger partial charge on any atom is -0.395 e. The van der Waals surface area contributed by atoms with E-state index in [2.05, 4.69) is 44.4 Å². The zero-order chi connectivity index (χ0) is 50.8. The quantitative estimate of drug-likeness (QED) is 0.0604. The average molecular weight is 1060 g/mol. The summed E-state index contributed by atoms with van der Waals surface area (Å²) in [5, 5.41) is 16.6. The van der Waals surface area contributed by atoms with Gasteiger partial charge in [0.1, 0.15) is 4.90 Å². The van der Waals surface area contributed by atoms with E-state index in [9.17, 15) is 39.9 Å². The average Bonchev–Trinajstić information content (AvgIpc) is 3.35. The van der Waals surface area contributed by atoms with Gasteiger partial charge >= 0.3 is 5.51 Å². The summed E-state index contributed by atoms with van der Waals surface area (Å²) in [6.07, 6.45) is 3.50. The molecule has 1 amide bonds. The normalized spacial score (nSPS) is 19.2. The molecule has 2 unspecified atom stereocenters. The number of rotatable bonds is 21. The highest BCUT2D eigenvalue weighted by Crippen LogP contribution is 2.44. The summed E-state index contributed by atoms with van der Waals surface area (Å²) >= 11 is 7.69. The zero-order valence-corrected chi connectivity index (χ0v) is 43.5. The molecule has 71 heavy (non-hydrogen) atoms. The number of sulfonamides is 1. The molecule has 0 aromatic heterocycles. The van der Waals surface area contributed by atoms with Crippen LogP contribution < -0.4 is 20.3 Å². The number of hydrogen-bond acceptors (Lipinski definition) is 13. The molecule has 3 aliphatic rings. The number of aliphatic hydroxyl groups excluding tert-OH is 1. The number of allylic oxidation sites excluding steroid dienone is 1. The van der Waals surface area contributed by atoms with Crippen LogP contribution in [0.4, 0.5) is 24.5 Å². The molecule has 0 bridgehead atoms. The topological polar surface area (TPSA) is 155 Å². The number of sulfone groups is 1. The summed E-state index contributed by atoms with van der Waals surface area (Å²) in [5.41, 5.74) is -1.12. The largest absolute Gasteiger partial charge is 0.501 e. The number of nitrogens with one attached hydrogen (secondary N) is 3. The lowest BCUT2D eigenvalue weighted by Crippen LogP contribution is -2.49. The van der Waals surface area contributed by atoms with Crippen molar-refractivity contribution in [2.24, 2.45) is 5.41 Å². The van der Waals surface area contributed by atoms with Crippen molar-refractivity contribution < 1.29 is 39.9 Å². The molecule has 4 aromatic rings. The molecule has 0 spiro atoms. The first-order chi connectivity index (χ1) is 33.9. The minimum atomic E-state index is -6.09. The van der Waals surface area contributed by atoms with Gasteiger partial charge in [-0.1, -0.05) is 61.4 Å². The Balaban J connectivity index is 1.01. The number of hydrogen-bond donors (Lipinski definition) is 4. The van der Waals surface area contributed by atoms with Gasteiger partial charge in [-0.05, 0) is 116 Å². The number of halogens is 4. The molecule has 0 saturated carbocycles. The molecule has 2 heterocycles. The summed E-state index contributed by atoms with van der Waals surface area (Å²) in [6.45, 7) is 14.8. The van der Waals surface area contributed by atoms with Gasteiger partial charge in [-0.15, -0.1) is 11.8 Å². The molecule has 2 fully saturated rings. The van der Waals surface area contributed by atoms with E-state index in [1.807, 2.05) is 59.0 Å². The highest BCUT2D eigenvalue weighted by atomic mass is 35.5. The number of thioether (sulfide) groups is 1. The third-order valence-electron chi connectivity index (χ3n) is 13.6. The Morgan fingerprint density at radius 3 is 2.24 bits per heavy atom. The van der Waals surface area contributed by atoms with E-state index in [1.54, 1.807) is 12.1 Å². The van der Waals surface area contributed by atoms with Gasteiger partial charge in [-0.3, -0.25) is 9.69 Å². The van der Waals surface area contributed by atoms with Crippen molar-refractivity contribution in [2.75, 3.05) is 108 Å². The van der Waals surface area contributed by atoms with E-state index < -0.39 is 52.8 Å². The summed E-state index contributed by atoms with van der Waals surface area (Å²) in [7, 11) is -11.0. The lowest BCUT2D eigenvalue weighted by molar-refractivity contribution is -0.0435. The summed E-state index contributed by atoms with van der Waals surface area (Å²) in [4.78, 5) is 21.4. The van der Waals surface area contributed by atoms with Gasteiger partial charge in [0.15, 0.2) is 0 Å². The fourth-order valence-electron chi connectivity index (χ4n) is 9.68. The summed E-state index contributed by atoms with van der Waals surface area (Å²) in [5.74, 6) is -0.717. The number of likely N-dealkylation sites (N-methyl/N-ethyl adjacent to an activating group) is 1. The smallest absolute Gasteiger partial charge is 0.395 e. The number of benzene rings is 4. The van der Waals surface area contributed by atoms with Crippen molar-refractivity contribution in [3.05, 3.63) is 119 Å². The van der Waals surface area contributed by atoms with Crippen molar-refractivity contribution in [2.45, 2.75) is 65.8 Å². The van der Waals surface area contributed by atoms with Crippen LogP contribution in [0.15, 0.2) is 117 Å². The van der Waals surface area contributed by atoms with E-state index >= 15 is 0 Å². The lowest BCUT2D eigenvalue weighted by atomic mass is 9.71. The summed E-state index contributed by atoms with van der Waals surface area (Å²) in [6, 6.07) is 25.7. The Labute approximate surface area is 426 Å². The molecule has 386 valence electrons. The van der Waals surface area contributed by atoms with Gasteiger partial charge in [0.25, 0.3) is 25.8 Å². The van der Waals surface area contributed by atoms with Crippen LogP contribution in [0.1, 0.15) is 55.5 Å². The van der Waals surface area contributed by atoms with E-state index in [-0.39, 0.29) is 17.6 Å². The van der Waals surface area contributed by atoms with Crippen molar-refractivity contribution in [1.29, 1.82) is 0 Å². The Bertz CT molecular complexity index is 2670. The number of aliphatic hydroxyl groups is 1. The molecule has 1 aliphatic carbocycles. The molecular formula is C51H65ClF3N7O6S3. The molecule has 2 saturated heterocycles. The number of amides is 1. The van der Waals surface area contributed by atoms with Gasteiger partial charge in [-0.2, -0.15) is 13.2 Å². The third-order valence-corrected chi connectivity index (χ3v) is 17.9. The Morgan fingerprint density at radius 2 is 1.59 bits per heavy atom. The number of nitrogens with zero attached hydrogens (tertiary/aromatic N) is 4. The van der Waals surface area contributed by atoms with Crippen LogP contribution in [0.2, 0.25) is 5.02 Å². The first-order valence-corrected chi connectivity index (χ1v) is 28.5. The number of carbonyl (C=O) groups excluding carboxylic acids is 1. The first kappa shape index (κ1) is 54.6. The van der Waals surface area contributed by atoms with Crippen molar-refractivity contribution in [1.82, 2.24) is 24.7 Å². The van der Waals surface area contributed by atoms with Crippen LogP contribution in [0.3, 0.4) is 0 Å². The molecule has 2 atom stereocenters. The van der Waals surface area contributed by atoms with Gasteiger partial charge in [0, 0.05) is 112 Å². The van der Waals surface area contributed by atoms with Gasteiger partial charge in [0.2, 0.25) is 0 Å². The van der Waals surface area contributed by atoms with E-state index in [1.165, 1.54) is 40.6 Å². The standard InChI is InChI=1S/C51H65ClF3N7O6S3/c1-3-59(31-32-63)24-20-42(36-69-44-7-5-4-6-8-44)57-47-18-17-45(33-48(47)70(65,66)51(53,54)55)71(67,68)58-49(64)39-11-15-43(16-12-39)62-29-27-60(28-30-62)35-40-34-50(2,37-61-25-22-56-23-26-61)21-19-46(40)38-9-13-41(52)14-10-38/h4-18,33,42,56-57,63H,3,19-32,34-37H2,1-2H3,(H,58,64). The minimum absolute atomic E-state index is 0.0127. The van der Waals surface area contributed by atoms with Crippen molar-refractivity contribution >= 4 is 66.1 Å². The van der Waals surface area contributed by atoms with Crippen molar-refractivity contribution in [3.63, 3.8) is 0 Å². The Morgan fingerprint density at radius 1 is 0.901 bits per heavy atom. The maximum absolute atomic E-state index is 14.2. The van der Waals surface area contributed by atoms with E-state index in [0.29, 0.717) is 42.9 Å². The Hall–Kier alpha value is -4.18. The second-order valence-electron chi connectivity index (χ2n) is 18.9. The zero-order valence-electron chi connectivity index (χ0n) is 40.3. The summed E-state index contributed by atoms with van der Waals surface area (Å²) < 4.78 is 98.1. The van der Waals surface area contributed by atoms with Crippen LogP contribution in [0, 0.1) is 5.41 Å². The van der Waals surface area contributed by atoms with Crippen molar-refractivity contribution in [3.8, 4) is 0 Å². The maximum Gasteiger partial charge on any atom is 0.501 e. The van der Waals surface area contributed by atoms with Crippen LogP contribution in [-0.4, -0.2) is 152 Å². The molecule has 2 aliphatic heterocycles. The second-order valence-corrected chi connectivity index (χ2v) is 24.0. The monoisotopic (exact) mass is 1060 g/mol. The molecule has 7 rings (SSSR count). The molecule has 4 aromatic carbocycles. The number of piperazine rings is 2. The highest BCUT2D eigenvalue weighted by Gasteiger charge is 2.48. The van der Waals surface area contributed by atoms with E-state index in [4.69, 9.17) is 11.6 Å². The number of anilines is 2. The molecular weight excluding hydrogens is 995 g/mol. The second kappa shape index (κ2) is 24.2. The van der Waals surface area contributed by atoms with Crippen LogP contribution in [0.5, 0.6) is 0 Å². The predicted octanol–water partition coefficient (Wildman–Crippen LogP) is 7.70. The predicted molar refractivity (Wildman–Crippen MR) is 277 cm³/mol.